The SMILES string of the molecule is CN(C)c1ccc(NC(=O)c2ccc(Cl)c(S(=O)(=O)N3CCCC3)c2)cn1. The number of benzene rings is 1. The molecule has 0 unspecified atom stereocenters. The minimum Gasteiger partial charge on any atom is -0.363 e. The van der Waals surface area contributed by atoms with E-state index in [4.69, 9.17) is 11.6 Å². The van der Waals surface area contributed by atoms with Crippen molar-refractivity contribution in [3.63, 3.8) is 0 Å². The molecule has 1 amide bonds. The molecule has 1 fully saturated rings. The van der Waals surface area contributed by atoms with E-state index in [0.717, 1.165) is 18.7 Å². The molecule has 0 aliphatic carbocycles. The van der Waals surface area contributed by atoms with Crippen LogP contribution in [0.1, 0.15) is 23.2 Å². The molecule has 1 aromatic carbocycles. The number of aromatic nitrogens is 1. The quantitative estimate of drug-likeness (QED) is 0.822. The van der Waals surface area contributed by atoms with Crippen LogP contribution in [0, 0.1) is 0 Å². The minimum absolute atomic E-state index is 0.0419. The second kappa shape index (κ2) is 7.84. The number of pyridine rings is 1. The number of amides is 1. The second-order valence-corrected chi connectivity index (χ2v) is 8.82. The highest BCUT2D eigenvalue weighted by Gasteiger charge is 2.29. The Labute approximate surface area is 164 Å². The van der Waals surface area contributed by atoms with Gasteiger partial charge in [0, 0.05) is 32.7 Å². The van der Waals surface area contributed by atoms with Gasteiger partial charge in [0.1, 0.15) is 10.7 Å². The van der Waals surface area contributed by atoms with Gasteiger partial charge in [0.25, 0.3) is 5.91 Å². The van der Waals surface area contributed by atoms with Crippen LogP contribution < -0.4 is 10.2 Å². The molecule has 1 aliphatic heterocycles. The van der Waals surface area contributed by atoms with Gasteiger partial charge < -0.3 is 10.2 Å². The van der Waals surface area contributed by atoms with Gasteiger partial charge in [0.15, 0.2) is 0 Å². The first-order chi connectivity index (χ1) is 12.8. The number of nitrogens with zero attached hydrogens (tertiary/aromatic N) is 3. The normalized spacial score (nSPS) is 14.9. The number of carbonyl (C=O) groups excluding carboxylic acids is 1. The highest BCUT2D eigenvalue weighted by molar-refractivity contribution is 7.89. The number of halogens is 1. The Hall–Kier alpha value is -2.16. The van der Waals surface area contributed by atoms with Gasteiger partial charge in [-0.05, 0) is 43.2 Å². The highest BCUT2D eigenvalue weighted by atomic mass is 35.5. The van der Waals surface area contributed by atoms with Crippen LogP contribution in [0.25, 0.3) is 0 Å². The third-order valence-electron chi connectivity index (χ3n) is 4.34. The molecule has 1 aromatic heterocycles. The first-order valence-corrected chi connectivity index (χ1v) is 10.4. The summed E-state index contributed by atoms with van der Waals surface area (Å²) in [4.78, 5) is 18.6. The summed E-state index contributed by atoms with van der Waals surface area (Å²) in [5.41, 5.74) is 0.735. The number of carbonyl (C=O) groups is 1. The van der Waals surface area contributed by atoms with Crippen molar-refractivity contribution in [3.05, 3.63) is 47.1 Å². The summed E-state index contributed by atoms with van der Waals surface area (Å²) in [6.07, 6.45) is 3.20. The van der Waals surface area contributed by atoms with Crippen LogP contribution in [0.2, 0.25) is 5.02 Å². The van der Waals surface area contributed by atoms with Gasteiger partial charge in [-0.3, -0.25) is 4.79 Å². The van der Waals surface area contributed by atoms with Crippen molar-refractivity contribution >= 4 is 39.0 Å². The molecule has 1 N–H and O–H groups in total. The van der Waals surface area contributed by atoms with Gasteiger partial charge in [-0.15, -0.1) is 0 Å². The summed E-state index contributed by atoms with van der Waals surface area (Å²) in [5.74, 6) is 0.336. The number of nitrogens with one attached hydrogen (secondary N) is 1. The molecule has 27 heavy (non-hydrogen) atoms. The smallest absolute Gasteiger partial charge is 0.255 e. The van der Waals surface area contributed by atoms with Crippen molar-refractivity contribution in [2.24, 2.45) is 0 Å². The number of rotatable bonds is 5. The molecule has 0 bridgehead atoms. The summed E-state index contributed by atoms with van der Waals surface area (Å²) in [7, 11) is 0.0335. The topological polar surface area (TPSA) is 82.6 Å². The van der Waals surface area contributed by atoms with Crippen molar-refractivity contribution in [1.29, 1.82) is 0 Å². The standard InChI is InChI=1S/C18H21ClN4O3S/c1-22(2)17-8-6-14(12-20-17)21-18(24)13-5-7-15(19)16(11-13)27(25,26)23-9-3-4-10-23/h5-8,11-12H,3-4,9-10H2,1-2H3,(H,21,24). The molecule has 2 heterocycles. The molecular weight excluding hydrogens is 388 g/mol. The Bertz CT molecular complexity index is 940. The molecule has 1 saturated heterocycles. The molecule has 0 radical (unpaired) electrons. The lowest BCUT2D eigenvalue weighted by Gasteiger charge is -2.17. The predicted molar refractivity (Wildman–Crippen MR) is 106 cm³/mol. The van der Waals surface area contributed by atoms with E-state index < -0.39 is 15.9 Å². The lowest BCUT2D eigenvalue weighted by molar-refractivity contribution is 0.102. The predicted octanol–water partition coefficient (Wildman–Crippen LogP) is 2.84. The molecule has 0 atom stereocenters. The minimum atomic E-state index is -3.71. The molecule has 9 heteroatoms. The Morgan fingerprint density at radius 2 is 1.89 bits per heavy atom. The Balaban J connectivity index is 1.83. The Kier molecular flexibility index (Phi) is 5.69. The van der Waals surface area contributed by atoms with E-state index in [2.05, 4.69) is 10.3 Å². The third kappa shape index (κ3) is 4.23. The molecule has 3 rings (SSSR count). The fourth-order valence-corrected chi connectivity index (χ4v) is 4.86. The third-order valence-corrected chi connectivity index (χ3v) is 6.72. The van der Waals surface area contributed by atoms with Crippen LogP contribution in [0.4, 0.5) is 11.5 Å². The van der Waals surface area contributed by atoms with Crippen LogP contribution in [-0.2, 0) is 10.0 Å². The summed E-state index contributed by atoms with van der Waals surface area (Å²) in [6.45, 7) is 0.942. The van der Waals surface area contributed by atoms with Gasteiger partial charge in [-0.2, -0.15) is 4.31 Å². The maximum atomic E-state index is 12.8. The van der Waals surface area contributed by atoms with E-state index in [-0.39, 0.29) is 15.5 Å². The molecule has 0 saturated carbocycles. The van der Waals surface area contributed by atoms with Crippen LogP contribution in [0.15, 0.2) is 41.4 Å². The average Bonchev–Trinajstić information content (AvgIpc) is 3.18. The zero-order valence-corrected chi connectivity index (χ0v) is 16.7. The van der Waals surface area contributed by atoms with Crippen molar-refractivity contribution in [2.75, 3.05) is 37.4 Å². The van der Waals surface area contributed by atoms with Gasteiger partial charge in [0.05, 0.1) is 16.9 Å². The highest BCUT2D eigenvalue weighted by Crippen LogP contribution is 2.28. The number of sulfonamides is 1. The first-order valence-electron chi connectivity index (χ1n) is 8.53. The van der Waals surface area contributed by atoms with Crippen molar-refractivity contribution in [2.45, 2.75) is 17.7 Å². The zero-order chi connectivity index (χ0) is 19.6. The average molecular weight is 409 g/mol. The van der Waals surface area contributed by atoms with E-state index in [1.54, 1.807) is 18.3 Å². The summed E-state index contributed by atoms with van der Waals surface area (Å²) in [5, 5.41) is 2.83. The molecule has 0 spiro atoms. The molecule has 2 aromatic rings. The van der Waals surface area contributed by atoms with Crippen LogP contribution in [0.5, 0.6) is 0 Å². The fraction of sp³-hybridized carbons (Fsp3) is 0.333. The number of hydrogen-bond donors (Lipinski definition) is 1. The van der Waals surface area contributed by atoms with Crippen molar-refractivity contribution in [3.8, 4) is 0 Å². The van der Waals surface area contributed by atoms with Gasteiger partial charge in [-0.1, -0.05) is 11.6 Å². The second-order valence-electron chi connectivity index (χ2n) is 6.51. The van der Waals surface area contributed by atoms with Gasteiger partial charge in [-0.25, -0.2) is 13.4 Å². The first kappa shape index (κ1) is 19.6. The Morgan fingerprint density at radius 1 is 1.19 bits per heavy atom. The lowest BCUT2D eigenvalue weighted by Crippen LogP contribution is -2.28. The van der Waals surface area contributed by atoms with E-state index in [1.165, 1.54) is 22.5 Å². The number of anilines is 2. The monoisotopic (exact) mass is 408 g/mol. The van der Waals surface area contributed by atoms with Crippen molar-refractivity contribution in [1.82, 2.24) is 9.29 Å². The lowest BCUT2D eigenvalue weighted by atomic mass is 10.2. The van der Waals surface area contributed by atoms with Crippen molar-refractivity contribution < 1.29 is 13.2 Å². The van der Waals surface area contributed by atoms with Crippen LogP contribution >= 0.6 is 11.6 Å². The summed E-state index contributed by atoms with van der Waals surface area (Å²) >= 11 is 6.12. The zero-order valence-electron chi connectivity index (χ0n) is 15.1. The van der Waals surface area contributed by atoms with Gasteiger partial charge in [0.2, 0.25) is 10.0 Å². The van der Waals surface area contributed by atoms with Crippen LogP contribution in [-0.4, -0.2) is 50.8 Å². The van der Waals surface area contributed by atoms with E-state index in [9.17, 15) is 13.2 Å². The maximum absolute atomic E-state index is 12.8. The maximum Gasteiger partial charge on any atom is 0.255 e. The van der Waals surface area contributed by atoms with Gasteiger partial charge >= 0.3 is 0 Å². The van der Waals surface area contributed by atoms with E-state index in [1.807, 2.05) is 19.0 Å². The fourth-order valence-electron chi connectivity index (χ4n) is 2.84. The molecule has 1 aliphatic rings. The summed E-state index contributed by atoms with van der Waals surface area (Å²) in [6, 6.07) is 7.78. The Morgan fingerprint density at radius 3 is 2.48 bits per heavy atom. The molecule has 7 nitrogen and oxygen atoms in total. The van der Waals surface area contributed by atoms with E-state index >= 15 is 0 Å². The van der Waals surface area contributed by atoms with Crippen LogP contribution in [0.3, 0.4) is 0 Å². The molecular formula is C18H21ClN4O3S. The summed E-state index contributed by atoms with van der Waals surface area (Å²) < 4.78 is 27.0. The van der Waals surface area contributed by atoms with E-state index in [0.29, 0.717) is 18.8 Å². The molecule has 144 valence electrons. The largest absolute Gasteiger partial charge is 0.363 e. The number of hydrogen-bond acceptors (Lipinski definition) is 5.